The molecule has 6 nitrogen and oxygen atoms in total. The summed E-state index contributed by atoms with van der Waals surface area (Å²) in [6.07, 6.45) is 7.60. The second-order valence-electron chi connectivity index (χ2n) is 5.89. The van der Waals surface area contributed by atoms with Crippen LogP contribution >= 0.6 is 0 Å². The molecule has 0 radical (unpaired) electrons. The zero-order chi connectivity index (χ0) is 15.6. The summed E-state index contributed by atoms with van der Waals surface area (Å²) in [5.74, 6) is 1.25. The van der Waals surface area contributed by atoms with Gasteiger partial charge in [-0.25, -0.2) is 4.98 Å². The number of nitrogens with zero attached hydrogens (tertiary/aromatic N) is 3. The molecule has 0 aliphatic carbocycles. The van der Waals surface area contributed by atoms with E-state index < -0.39 is 0 Å². The predicted molar refractivity (Wildman–Crippen MR) is 83.8 cm³/mol. The molecule has 0 N–H and O–H groups in total. The summed E-state index contributed by atoms with van der Waals surface area (Å²) < 4.78 is 13.3. The summed E-state index contributed by atoms with van der Waals surface area (Å²) in [4.78, 5) is 19.0. The van der Waals surface area contributed by atoms with E-state index in [0.29, 0.717) is 36.8 Å². The molecule has 0 unspecified atom stereocenters. The highest BCUT2D eigenvalue weighted by Crippen LogP contribution is 2.35. The van der Waals surface area contributed by atoms with Gasteiger partial charge in [-0.1, -0.05) is 6.07 Å². The average Bonchev–Trinajstić information content (AvgIpc) is 3.15. The van der Waals surface area contributed by atoms with E-state index in [1.54, 1.807) is 6.20 Å². The van der Waals surface area contributed by atoms with E-state index in [9.17, 15) is 4.79 Å². The number of benzene rings is 1. The Balaban J connectivity index is 1.57. The summed E-state index contributed by atoms with van der Waals surface area (Å²) in [5.41, 5.74) is 0.591. The zero-order valence-corrected chi connectivity index (χ0v) is 12.9. The summed E-state index contributed by atoms with van der Waals surface area (Å²) in [6.45, 7) is 2.47. The monoisotopic (exact) mass is 313 g/mol. The van der Waals surface area contributed by atoms with Gasteiger partial charge in [0.05, 0.1) is 17.9 Å². The van der Waals surface area contributed by atoms with Crippen molar-refractivity contribution in [1.29, 1.82) is 0 Å². The van der Waals surface area contributed by atoms with Crippen LogP contribution in [0.4, 0.5) is 0 Å². The summed E-state index contributed by atoms with van der Waals surface area (Å²) in [6, 6.07) is 5.79. The summed E-state index contributed by atoms with van der Waals surface area (Å²) in [7, 11) is 0. The van der Waals surface area contributed by atoms with Gasteiger partial charge in [0.2, 0.25) is 0 Å². The Morgan fingerprint density at radius 3 is 3.04 bits per heavy atom. The van der Waals surface area contributed by atoms with Crippen molar-refractivity contribution >= 4 is 5.91 Å². The van der Waals surface area contributed by atoms with Gasteiger partial charge in [-0.3, -0.25) is 4.79 Å². The van der Waals surface area contributed by atoms with Gasteiger partial charge in [0.25, 0.3) is 5.91 Å². The molecule has 2 aliphatic heterocycles. The number of likely N-dealkylation sites (tertiary alicyclic amines) is 1. The minimum absolute atomic E-state index is 0.0113. The Morgan fingerprint density at radius 2 is 2.17 bits per heavy atom. The number of piperidine rings is 1. The molecule has 2 aliphatic rings. The lowest BCUT2D eigenvalue weighted by Crippen LogP contribution is -2.40. The fraction of sp³-hybridized carbons (Fsp3) is 0.412. The van der Waals surface area contributed by atoms with Crippen LogP contribution in [0.1, 0.15) is 29.2 Å². The molecule has 1 atom stereocenters. The number of hydrogen-bond donors (Lipinski definition) is 0. The van der Waals surface area contributed by atoms with E-state index in [0.717, 1.165) is 19.4 Å². The first kappa shape index (κ1) is 14.1. The third-order valence-electron chi connectivity index (χ3n) is 4.43. The minimum atomic E-state index is 0.0113. The Bertz CT molecular complexity index is 699. The van der Waals surface area contributed by atoms with Crippen LogP contribution in [-0.4, -0.2) is 46.7 Å². The Labute approximate surface area is 134 Å². The largest absolute Gasteiger partial charge is 0.486 e. The van der Waals surface area contributed by atoms with Crippen LogP contribution in [0.25, 0.3) is 0 Å². The van der Waals surface area contributed by atoms with Gasteiger partial charge in [-0.2, -0.15) is 0 Å². The molecule has 2 aromatic rings. The second-order valence-corrected chi connectivity index (χ2v) is 5.89. The van der Waals surface area contributed by atoms with Gasteiger partial charge in [-0.05, 0) is 25.0 Å². The van der Waals surface area contributed by atoms with E-state index >= 15 is 0 Å². The number of ether oxygens (including phenoxy) is 2. The predicted octanol–water partition coefficient (Wildman–Crippen LogP) is 2.13. The molecule has 0 bridgehead atoms. The number of hydrogen-bond acceptors (Lipinski definition) is 4. The van der Waals surface area contributed by atoms with Crippen LogP contribution in [0.3, 0.4) is 0 Å². The molecule has 3 heterocycles. The molecule has 120 valence electrons. The van der Waals surface area contributed by atoms with Crippen molar-refractivity contribution in [2.24, 2.45) is 0 Å². The van der Waals surface area contributed by atoms with Gasteiger partial charge in [0, 0.05) is 25.5 Å². The number of amides is 1. The second kappa shape index (κ2) is 5.95. The van der Waals surface area contributed by atoms with Crippen LogP contribution in [0.5, 0.6) is 11.5 Å². The smallest absolute Gasteiger partial charge is 0.257 e. The average molecular weight is 313 g/mol. The number of carbonyl (C=O) groups excluding carboxylic acids is 1. The van der Waals surface area contributed by atoms with Gasteiger partial charge >= 0.3 is 0 Å². The van der Waals surface area contributed by atoms with Crippen LogP contribution in [0.2, 0.25) is 0 Å². The zero-order valence-electron chi connectivity index (χ0n) is 12.9. The molecular formula is C17H19N3O3. The van der Waals surface area contributed by atoms with Crippen molar-refractivity contribution in [1.82, 2.24) is 14.5 Å². The SMILES string of the molecule is O=C(c1cccc2c1OCCO2)N1CCC[C@@H](n2ccnc2)C1. The topological polar surface area (TPSA) is 56.6 Å². The lowest BCUT2D eigenvalue weighted by molar-refractivity contribution is 0.0669. The van der Waals surface area contributed by atoms with Crippen molar-refractivity contribution in [3.8, 4) is 11.5 Å². The van der Waals surface area contributed by atoms with E-state index in [-0.39, 0.29) is 11.9 Å². The Morgan fingerprint density at radius 1 is 1.26 bits per heavy atom. The lowest BCUT2D eigenvalue weighted by atomic mass is 10.0. The fourth-order valence-corrected chi connectivity index (χ4v) is 3.28. The minimum Gasteiger partial charge on any atom is -0.486 e. The van der Waals surface area contributed by atoms with Gasteiger partial charge < -0.3 is 18.9 Å². The lowest BCUT2D eigenvalue weighted by Gasteiger charge is -2.34. The third-order valence-corrected chi connectivity index (χ3v) is 4.43. The van der Waals surface area contributed by atoms with Gasteiger partial charge in [0.15, 0.2) is 11.5 Å². The van der Waals surface area contributed by atoms with Crippen molar-refractivity contribution in [2.75, 3.05) is 26.3 Å². The first-order chi connectivity index (χ1) is 11.3. The molecule has 0 spiro atoms. The maximum atomic E-state index is 13.0. The Hall–Kier alpha value is -2.50. The number of fused-ring (bicyclic) bond motifs is 1. The standard InChI is InChI=1S/C17H19N3O3/c21-17(14-4-1-5-15-16(14)23-10-9-22-15)19-7-2-3-13(11-19)20-8-6-18-12-20/h1,4-6,8,12-13H,2-3,7,9-11H2/t13-/m1/s1. The molecule has 1 aromatic carbocycles. The first-order valence-electron chi connectivity index (χ1n) is 7.98. The van der Waals surface area contributed by atoms with E-state index in [1.807, 2.05) is 35.6 Å². The third kappa shape index (κ3) is 2.65. The van der Waals surface area contributed by atoms with Crippen molar-refractivity contribution in [3.63, 3.8) is 0 Å². The number of aromatic nitrogens is 2. The number of para-hydroxylation sites is 1. The number of carbonyl (C=O) groups is 1. The van der Waals surface area contributed by atoms with Crippen molar-refractivity contribution in [2.45, 2.75) is 18.9 Å². The van der Waals surface area contributed by atoms with E-state index in [4.69, 9.17) is 9.47 Å². The quantitative estimate of drug-likeness (QED) is 0.852. The molecule has 0 saturated carbocycles. The molecule has 1 saturated heterocycles. The maximum absolute atomic E-state index is 13.0. The van der Waals surface area contributed by atoms with Crippen molar-refractivity contribution < 1.29 is 14.3 Å². The normalized spacial score (nSPS) is 20.3. The number of imidazole rings is 1. The van der Waals surface area contributed by atoms with E-state index in [1.165, 1.54) is 0 Å². The van der Waals surface area contributed by atoms with Crippen LogP contribution < -0.4 is 9.47 Å². The fourth-order valence-electron chi connectivity index (χ4n) is 3.28. The highest BCUT2D eigenvalue weighted by Gasteiger charge is 2.28. The Kier molecular flexibility index (Phi) is 3.65. The van der Waals surface area contributed by atoms with E-state index in [2.05, 4.69) is 9.55 Å². The molecule has 1 amide bonds. The van der Waals surface area contributed by atoms with Gasteiger partial charge in [-0.15, -0.1) is 0 Å². The first-order valence-corrected chi connectivity index (χ1v) is 7.98. The molecule has 23 heavy (non-hydrogen) atoms. The number of rotatable bonds is 2. The van der Waals surface area contributed by atoms with Crippen LogP contribution in [-0.2, 0) is 0 Å². The summed E-state index contributed by atoms with van der Waals surface area (Å²) >= 11 is 0. The van der Waals surface area contributed by atoms with Crippen LogP contribution in [0.15, 0.2) is 36.9 Å². The van der Waals surface area contributed by atoms with Crippen LogP contribution in [0, 0.1) is 0 Å². The molecule has 4 rings (SSSR count). The highest BCUT2D eigenvalue weighted by atomic mass is 16.6. The van der Waals surface area contributed by atoms with Gasteiger partial charge in [0.1, 0.15) is 13.2 Å². The summed E-state index contributed by atoms with van der Waals surface area (Å²) in [5, 5.41) is 0. The highest BCUT2D eigenvalue weighted by molar-refractivity contribution is 5.98. The molecular weight excluding hydrogens is 294 g/mol. The van der Waals surface area contributed by atoms with Crippen molar-refractivity contribution in [3.05, 3.63) is 42.5 Å². The molecule has 1 fully saturated rings. The maximum Gasteiger partial charge on any atom is 0.257 e. The molecule has 6 heteroatoms. The molecule has 1 aromatic heterocycles.